The molecule has 0 heterocycles. The first-order valence-corrected chi connectivity index (χ1v) is 7.75. The van der Waals surface area contributed by atoms with Crippen LogP contribution in [0.1, 0.15) is 52.1 Å². The van der Waals surface area contributed by atoms with Crippen molar-refractivity contribution in [1.82, 2.24) is 5.32 Å². The zero-order valence-electron chi connectivity index (χ0n) is 13.3. The van der Waals surface area contributed by atoms with Crippen LogP contribution in [0.5, 0.6) is 5.75 Å². The van der Waals surface area contributed by atoms with Gasteiger partial charge in [-0.05, 0) is 50.9 Å². The first kappa shape index (κ1) is 17.0. The van der Waals surface area contributed by atoms with Crippen molar-refractivity contribution in [2.75, 3.05) is 19.8 Å². The third-order valence-electron chi connectivity index (χ3n) is 2.98. The van der Waals surface area contributed by atoms with E-state index < -0.39 is 0 Å². The van der Waals surface area contributed by atoms with Crippen LogP contribution < -0.4 is 10.1 Å². The SMILES string of the molecule is CCCOCCC(NCC)c1cccc(OC(C)C)c1. The molecule has 3 heteroatoms. The van der Waals surface area contributed by atoms with Gasteiger partial charge in [-0.3, -0.25) is 0 Å². The number of hydrogen-bond donors (Lipinski definition) is 1. The van der Waals surface area contributed by atoms with Gasteiger partial charge >= 0.3 is 0 Å². The summed E-state index contributed by atoms with van der Waals surface area (Å²) in [5.41, 5.74) is 1.27. The molecule has 1 atom stereocenters. The summed E-state index contributed by atoms with van der Waals surface area (Å²) in [5.74, 6) is 0.940. The van der Waals surface area contributed by atoms with Crippen molar-refractivity contribution in [3.8, 4) is 5.75 Å². The highest BCUT2D eigenvalue weighted by atomic mass is 16.5. The van der Waals surface area contributed by atoms with E-state index in [1.165, 1.54) is 5.56 Å². The van der Waals surface area contributed by atoms with E-state index in [2.05, 4.69) is 37.4 Å². The molecule has 0 saturated carbocycles. The van der Waals surface area contributed by atoms with Gasteiger partial charge in [-0.15, -0.1) is 0 Å². The lowest BCUT2D eigenvalue weighted by atomic mass is 10.0. The number of rotatable bonds is 10. The van der Waals surface area contributed by atoms with Crippen LogP contribution in [0.2, 0.25) is 0 Å². The molecule has 3 nitrogen and oxygen atoms in total. The molecular weight excluding hydrogens is 250 g/mol. The molecular formula is C17H29NO2. The van der Waals surface area contributed by atoms with E-state index in [4.69, 9.17) is 9.47 Å². The number of nitrogens with one attached hydrogen (secondary N) is 1. The fourth-order valence-electron chi connectivity index (χ4n) is 2.16. The Hall–Kier alpha value is -1.06. The van der Waals surface area contributed by atoms with Crippen LogP contribution in [-0.2, 0) is 4.74 Å². The number of ether oxygens (including phenoxy) is 2. The average Bonchev–Trinajstić information content (AvgIpc) is 2.42. The van der Waals surface area contributed by atoms with Gasteiger partial charge in [0.25, 0.3) is 0 Å². The van der Waals surface area contributed by atoms with Crippen molar-refractivity contribution in [2.45, 2.75) is 52.7 Å². The molecule has 1 aromatic carbocycles. The third-order valence-corrected chi connectivity index (χ3v) is 2.98. The van der Waals surface area contributed by atoms with E-state index >= 15 is 0 Å². The van der Waals surface area contributed by atoms with Crippen LogP contribution in [0.3, 0.4) is 0 Å². The summed E-state index contributed by atoms with van der Waals surface area (Å²) in [5, 5.41) is 3.52. The molecule has 0 fully saturated rings. The molecule has 0 radical (unpaired) electrons. The Kier molecular flexibility index (Phi) is 8.31. The molecule has 0 aromatic heterocycles. The second-order valence-corrected chi connectivity index (χ2v) is 5.25. The molecule has 0 spiro atoms. The Balaban J connectivity index is 2.64. The largest absolute Gasteiger partial charge is 0.491 e. The predicted molar refractivity (Wildman–Crippen MR) is 84.4 cm³/mol. The standard InChI is InChI=1S/C17H29NO2/c1-5-11-19-12-10-17(18-6-2)15-8-7-9-16(13-15)20-14(3)4/h7-9,13-14,17-18H,5-6,10-12H2,1-4H3. The summed E-state index contributed by atoms with van der Waals surface area (Å²) >= 11 is 0. The molecule has 114 valence electrons. The van der Waals surface area contributed by atoms with E-state index in [0.717, 1.165) is 38.3 Å². The van der Waals surface area contributed by atoms with Gasteiger partial charge in [0, 0.05) is 19.3 Å². The lowest BCUT2D eigenvalue weighted by molar-refractivity contribution is 0.124. The van der Waals surface area contributed by atoms with Crippen LogP contribution in [0, 0.1) is 0 Å². The first-order valence-electron chi connectivity index (χ1n) is 7.75. The van der Waals surface area contributed by atoms with Gasteiger partial charge in [-0.25, -0.2) is 0 Å². The maximum Gasteiger partial charge on any atom is 0.120 e. The van der Waals surface area contributed by atoms with Crippen molar-refractivity contribution < 1.29 is 9.47 Å². The lowest BCUT2D eigenvalue weighted by Crippen LogP contribution is -2.22. The van der Waals surface area contributed by atoms with Crippen LogP contribution in [-0.4, -0.2) is 25.9 Å². The van der Waals surface area contributed by atoms with Gasteiger partial charge < -0.3 is 14.8 Å². The fourth-order valence-corrected chi connectivity index (χ4v) is 2.16. The highest BCUT2D eigenvalue weighted by Crippen LogP contribution is 2.22. The summed E-state index contributed by atoms with van der Waals surface area (Å²) in [7, 11) is 0. The van der Waals surface area contributed by atoms with E-state index in [1.54, 1.807) is 0 Å². The van der Waals surface area contributed by atoms with Crippen molar-refractivity contribution in [1.29, 1.82) is 0 Å². The van der Waals surface area contributed by atoms with Gasteiger partial charge in [-0.1, -0.05) is 26.0 Å². The van der Waals surface area contributed by atoms with Crippen molar-refractivity contribution in [3.05, 3.63) is 29.8 Å². The normalized spacial score (nSPS) is 12.7. The van der Waals surface area contributed by atoms with Gasteiger partial charge in [0.2, 0.25) is 0 Å². The summed E-state index contributed by atoms with van der Waals surface area (Å²) in [6, 6.07) is 8.69. The molecule has 20 heavy (non-hydrogen) atoms. The molecule has 0 aliphatic heterocycles. The van der Waals surface area contributed by atoms with Crippen LogP contribution in [0.4, 0.5) is 0 Å². The molecule has 0 saturated heterocycles. The summed E-state index contributed by atoms with van der Waals surface area (Å²) < 4.78 is 11.4. The monoisotopic (exact) mass is 279 g/mol. The molecule has 1 unspecified atom stereocenters. The Labute approximate surface area is 123 Å². The van der Waals surface area contributed by atoms with Crippen LogP contribution in [0.25, 0.3) is 0 Å². The predicted octanol–water partition coefficient (Wildman–Crippen LogP) is 3.94. The number of hydrogen-bond acceptors (Lipinski definition) is 3. The Morgan fingerprint density at radius 1 is 1.15 bits per heavy atom. The third kappa shape index (κ3) is 6.40. The van der Waals surface area contributed by atoms with Crippen molar-refractivity contribution in [3.63, 3.8) is 0 Å². The highest BCUT2D eigenvalue weighted by Gasteiger charge is 2.11. The summed E-state index contributed by atoms with van der Waals surface area (Å²) in [6.45, 7) is 11.0. The summed E-state index contributed by atoms with van der Waals surface area (Å²) in [6.07, 6.45) is 2.26. The quantitative estimate of drug-likeness (QED) is 0.658. The van der Waals surface area contributed by atoms with Gasteiger partial charge in [-0.2, -0.15) is 0 Å². The topological polar surface area (TPSA) is 30.5 Å². The molecule has 1 N–H and O–H groups in total. The molecule has 1 aromatic rings. The fraction of sp³-hybridized carbons (Fsp3) is 0.647. The maximum absolute atomic E-state index is 5.77. The zero-order chi connectivity index (χ0) is 14.8. The van der Waals surface area contributed by atoms with Gasteiger partial charge in [0.05, 0.1) is 6.10 Å². The first-order chi connectivity index (χ1) is 9.67. The van der Waals surface area contributed by atoms with E-state index in [-0.39, 0.29) is 6.10 Å². The summed E-state index contributed by atoms with van der Waals surface area (Å²) in [4.78, 5) is 0. The van der Waals surface area contributed by atoms with Crippen molar-refractivity contribution >= 4 is 0 Å². The van der Waals surface area contributed by atoms with Gasteiger partial charge in [0.15, 0.2) is 0 Å². The molecule has 1 rings (SSSR count). The van der Waals surface area contributed by atoms with E-state index in [0.29, 0.717) is 6.04 Å². The Bertz CT molecular complexity index is 366. The van der Waals surface area contributed by atoms with E-state index in [9.17, 15) is 0 Å². The molecule has 0 amide bonds. The Morgan fingerprint density at radius 2 is 1.95 bits per heavy atom. The molecule has 0 aliphatic carbocycles. The minimum atomic E-state index is 0.204. The second kappa shape index (κ2) is 9.78. The Morgan fingerprint density at radius 3 is 2.60 bits per heavy atom. The minimum absolute atomic E-state index is 0.204. The minimum Gasteiger partial charge on any atom is -0.491 e. The van der Waals surface area contributed by atoms with E-state index in [1.807, 2.05) is 19.9 Å². The maximum atomic E-state index is 5.77. The van der Waals surface area contributed by atoms with Crippen LogP contribution in [0.15, 0.2) is 24.3 Å². The molecule has 0 bridgehead atoms. The number of benzene rings is 1. The second-order valence-electron chi connectivity index (χ2n) is 5.25. The molecule has 0 aliphatic rings. The zero-order valence-corrected chi connectivity index (χ0v) is 13.3. The smallest absolute Gasteiger partial charge is 0.120 e. The lowest BCUT2D eigenvalue weighted by Gasteiger charge is -2.19. The van der Waals surface area contributed by atoms with Crippen LogP contribution >= 0.6 is 0 Å². The van der Waals surface area contributed by atoms with Gasteiger partial charge in [0.1, 0.15) is 5.75 Å². The average molecular weight is 279 g/mol. The highest BCUT2D eigenvalue weighted by molar-refractivity contribution is 5.30. The van der Waals surface area contributed by atoms with Crippen molar-refractivity contribution in [2.24, 2.45) is 0 Å².